The van der Waals surface area contributed by atoms with E-state index in [1.54, 1.807) is 0 Å². The Morgan fingerprint density at radius 3 is 2.80 bits per heavy atom. The van der Waals surface area contributed by atoms with E-state index in [9.17, 15) is 4.79 Å². The lowest BCUT2D eigenvalue weighted by Crippen LogP contribution is -2.38. The van der Waals surface area contributed by atoms with Crippen LogP contribution in [0.2, 0.25) is 0 Å². The molecule has 1 saturated heterocycles. The van der Waals surface area contributed by atoms with Gasteiger partial charge in [-0.15, -0.1) is 0 Å². The second-order valence-electron chi connectivity index (χ2n) is 4.79. The summed E-state index contributed by atoms with van der Waals surface area (Å²) in [6.45, 7) is 7.50. The van der Waals surface area contributed by atoms with Crippen molar-refractivity contribution in [1.82, 2.24) is 4.90 Å². The average Bonchev–Trinajstić information content (AvgIpc) is 2.24. The molecule has 0 aromatic rings. The molecule has 0 aromatic carbocycles. The molecule has 1 rings (SSSR count). The summed E-state index contributed by atoms with van der Waals surface area (Å²) < 4.78 is 0. The number of piperidine rings is 1. The SMILES string of the molecule is CCCCC(CC)CN1CCCC(=O)C1. The maximum atomic E-state index is 11.3. The molecule has 0 aromatic heterocycles. The Morgan fingerprint density at radius 1 is 1.40 bits per heavy atom. The molecule has 0 amide bonds. The van der Waals surface area contributed by atoms with Gasteiger partial charge in [0.2, 0.25) is 0 Å². The summed E-state index contributed by atoms with van der Waals surface area (Å²) in [6.07, 6.45) is 7.09. The van der Waals surface area contributed by atoms with Gasteiger partial charge in [-0.25, -0.2) is 0 Å². The second kappa shape index (κ2) is 7.00. The fraction of sp³-hybridized carbons (Fsp3) is 0.923. The van der Waals surface area contributed by atoms with Crippen LogP contribution < -0.4 is 0 Å². The van der Waals surface area contributed by atoms with Gasteiger partial charge in [0.15, 0.2) is 0 Å². The molecular formula is C13H25NO. The van der Waals surface area contributed by atoms with Crippen LogP contribution in [0.1, 0.15) is 52.4 Å². The highest BCUT2D eigenvalue weighted by atomic mass is 16.1. The fourth-order valence-corrected chi connectivity index (χ4v) is 2.35. The number of unbranched alkanes of at least 4 members (excludes halogenated alkanes) is 1. The smallest absolute Gasteiger partial charge is 0.146 e. The number of hydrogen-bond acceptors (Lipinski definition) is 2. The number of hydrogen-bond donors (Lipinski definition) is 0. The summed E-state index contributed by atoms with van der Waals surface area (Å²) in [5, 5.41) is 0. The van der Waals surface area contributed by atoms with Crippen LogP contribution in [0.15, 0.2) is 0 Å². The minimum Gasteiger partial charge on any atom is -0.298 e. The molecule has 0 aliphatic carbocycles. The van der Waals surface area contributed by atoms with Gasteiger partial charge in [0.05, 0.1) is 6.54 Å². The molecule has 1 aliphatic rings. The van der Waals surface area contributed by atoms with E-state index in [1.807, 2.05) is 0 Å². The first-order valence-electron chi connectivity index (χ1n) is 6.50. The molecule has 1 fully saturated rings. The molecular weight excluding hydrogens is 186 g/mol. The quantitative estimate of drug-likeness (QED) is 0.673. The molecule has 0 radical (unpaired) electrons. The number of carbonyl (C=O) groups is 1. The molecule has 1 aliphatic heterocycles. The third-order valence-corrected chi connectivity index (χ3v) is 3.39. The van der Waals surface area contributed by atoms with Crippen molar-refractivity contribution >= 4 is 5.78 Å². The topological polar surface area (TPSA) is 20.3 Å². The van der Waals surface area contributed by atoms with Crippen LogP contribution in [0.25, 0.3) is 0 Å². The molecule has 2 nitrogen and oxygen atoms in total. The van der Waals surface area contributed by atoms with Crippen molar-refractivity contribution in [2.45, 2.75) is 52.4 Å². The van der Waals surface area contributed by atoms with E-state index in [2.05, 4.69) is 18.7 Å². The van der Waals surface area contributed by atoms with Crippen LogP contribution >= 0.6 is 0 Å². The number of ketones is 1. The summed E-state index contributed by atoms with van der Waals surface area (Å²) in [4.78, 5) is 13.7. The third kappa shape index (κ3) is 4.78. The van der Waals surface area contributed by atoms with Crippen molar-refractivity contribution in [1.29, 1.82) is 0 Å². The Balaban J connectivity index is 2.26. The lowest BCUT2D eigenvalue weighted by Gasteiger charge is -2.29. The molecule has 0 saturated carbocycles. The van der Waals surface area contributed by atoms with E-state index in [0.717, 1.165) is 31.8 Å². The van der Waals surface area contributed by atoms with Crippen LogP contribution in [0.4, 0.5) is 0 Å². The number of Topliss-reactive ketones (excluding diaryl/α,β-unsaturated/α-hetero) is 1. The highest BCUT2D eigenvalue weighted by Gasteiger charge is 2.19. The molecule has 0 bridgehead atoms. The number of rotatable bonds is 6. The summed E-state index contributed by atoms with van der Waals surface area (Å²) in [5.74, 6) is 1.24. The zero-order valence-corrected chi connectivity index (χ0v) is 10.3. The van der Waals surface area contributed by atoms with Crippen molar-refractivity contribution in [2.75, 3.05) is 19.6 Å². The van der Waals surface area contributed by atoms with Crippen molar-refractivity contribution in [3.05, 3.63) is 0 Å². The van der Waals surface area contributed by atoms with Gasteiger partial charge in [-0.1, -0.05) is 33.1 Å². The lowest BCUT2D eigenvalue weighted by atomic mass is 9.97. The van der Waals surface area contributed by atoms with Crippen molar-refractivity contribution < 1.29 is 4.79 Å². The van der Waals surface area contributed by atoms with Crippen molar-refractivity contribution in [2.24, 2.45) is 5.92 Å². The van der Waals surface area contributed by atoms with Crippen LogP contribution in [-0.4, -0.2) is 30.3 Å². The number of carbonyl (C=O) groups excluding carboxylic acids is 1. The average molecular weight is 211 g/mol. The number of likely N-dealkylation sites (tertiary alicyclic amines) is 1. The first-order chi connectivity index (χ1) is 7.26. The minimum absolute atomic E-state index is 0.437. The zero-order valence-electron chi connectivity index (χ0n) is 10.3. The maximum Gasteiger partial charge on any atom is 0.146 e. The molecule has 1 heterocycles. The van der Waals surface area contributed by atoms with Gasteiger partial charge in [0, 0.05) is 13.0 Å². The monoisotopic (exact) mass is 211 g/mol. The van der Waals surface area contributed by atoms with E-state index >= 15 is 0 Å². The Hall–Kier alpha value is -0.370. The van der Waals surface area contributed by atoms with Gasteiger partial charge in [-0.3, -0.25) is 9.69 Å². The van der Waals surface area contributed by atoms with Gasteiger partial charge in [-0.2, -0.15) is 0 Å². The van der Waals surface area contributed by atoms with Gasteiger partial charge < -0.3 is 0 Å². The molecule has 1 atom stereocenters. The highest BCUT2D eigenvalue weighted by molar-refractivity contribution is 5.81. The Morgan fingerprint density at radius 2 is 2.20 bits per heavy atom. The maximum absolute atomic E-state index is 11.3. The molecule has 15 heavy (non-hydrogen) atoms. The molecule has 2 heteroatoms. The number of nitrogens with zero attached hydrogens (tertiary/aromatic N) is 1. The van der Waals surface area contributed by atoms with E-state index < -0.39 is 0 Å². The van der Waals surface area contributed by atoms with Gasteiger partial charge in [-0.05, 0) is 25.3 Å². The van der Waals surface area contributed by atoms with Crippen LogP contribution in [0, 0.1) is 5.92 Å². The van der Waals surface area contributed by atoms with Crippen LogP contribution in [-0.2, 0) is 4.79 Å². The zero-order chi connectivity index (χ0) is 11.1. The highest BCUT2D eigenvalue weighted by Crippen LogP contribution is 2.16. The van der Waals surface area contributed by atoms with Crippen molar-refractivity contribution in [3.8, 4) is 0 Å². The van der Waals surface area contributed by atoms with Gasteiger partial charge in [0.25, 0.3) is 0 Å². The van der Waals surface area contributed by atoms with Gasteiger partial charge in [0.1, 0.15) is 5.78 Å². The second-order valence-corrected chi connectivity index (χ2v) is 4.79. The Labute approximate surface area is 94.0 Å². The fourth-order valence-electron chi connectivity index (χ4n) is 2.35. The first-order valence-corrected chi connectivity index (χ1v) is 6.50. The molecule has 0 spiro atoms. The molecule has 88 valence electrons. The first kappa shape index (κ1) is 12.7. The summed E-state index contributed by atoms with van der Waals surface area (Å²) in [5.41, 5.74) is 0. The third-order valence-electron chi connectivity index (χ3n) is 3.39. The van der Waals surface area contributed by atoms with E-state index in [4.69, 9.17) is 0 Å². The Bertz CT molecular complexity index is 191. The van der Waals surface area contributed by atoms with Crippen molar-refractivity contribution in [3.63, 3.8) is 0 Å². The predicted octanol–water partition coefficient (Wildman–Crippen LogP) is 2.87. The normalized spacial score (nSPS) is 20.5. The van der Waals surface area contributed by atoms with Gasteiger partial charge >= 0.3 is 0 Å². The largest absolute Gasteiger partial charge is 0.298 e. The minimum atomic E-state index is 0.437. The standard InChI is InChI=1S/C13H25NO/c1-3-5-7-12(4-2)10-14-9-6-8-13(15)11-14/h12H,3-11H2,1-2H3. The van der Waals surface area contributed by atoms with E-state index in [1.165, 1.54) is 25.7 Å². The summed E-state index contributed by atoms with van der Waals surface area (Å²) in [7, 11) is 0. The molecule has 0 N–H and O–H groups in total. The van der Waals surface area contributed by atoms with E-state index in [-0.39, 0.29) is 0 Å². The summed E-state index contributed by atoms with van der Waals surface area (Å²) in [6, 6.07) is 0. The predicted molar refractivity (Wildman–Crippen MR) is 64.0 cm³/mol. The Kier molecular flexibility index (Phi) is 5.92. The summed E-state index contributed by atoms with van der Waals surface area (Å²) >= 11 is 0. The van der Waals surface area contributed by atoms with Crippen LogP contribution in [0.5, 0.6) is 0 Å². The van der Waals surface area contributed by atoms with Crippen LogP contribution in [0.3, 0.4) is 0 Å². The lowest BCUT2D eigenvalue weighted by molar-refractivity contribution is -0.122. The van der Waals surface area contributed by atoms with E-state index in [0.29, 0.717) is 12.3 Å². The molecule has 1 unspecified atom stereocenters.